The Morgan fingerprint density at radius 1 is 0.795 bits per heavy atom. The van der Waals surface area contributed by atoms with Crippen LogP contribution in [0.15, 0.2) is 60.7 Å². The number of aliphatic hydroxyl groups excluding tert-OH is 1. The van der Waals surface area contributed by atoms with E-state index in [0.29, 0.717) is 19.6 Å². The zero-order valence-electron chi connectivity index (χ0n) is 24.7. The van der Waals surface area contributed by atoms with Crippen LogP contribution in [0.1, 0.15) is 58.6 Å². The molecule has 0 spiro atoms. The Labute approximate surface area is 236 Å². The van der Waals surface area contributed by atoms with Crippen LogP contribution in [-0.2, 0) is 36.6 Å². The second-order valence-corrected chi connectivity index (χ2v) is 17.5. The highest BCUT2D eigenvalue weighted by molar-refractivity contribution is 6.74. The summed E-state index contributed by atoms with van der Waals surface area (Å²) >= 11 is 0. The Morgan fingerprint density at radius 3 is 1.77 bits per heavy atom. The summed E-state index contributed by atoms with van der Waals surface area (Å²) in [5.41, 5.74) is 2.24. The van der Waals surface area contributed by atoms with Gasteiger partial charge in [0.1, 0.15) is 12.2 Å². The van der Waals surface area contributed by atoms with Gasteiger partial charge in [-0.3, -0.25) is 0 Å². The number of rotatable bonds is 11. The van der Waals surface area contributed by atoms with Gasteiger partial charge in [0.2, 0.25) is 0 Å². The molecule has 1 N–H and O–H groups in total. The molecule has 2 fully saturated rings. The molecule has 2 saturated heterocycles. The molecule has 2 aliphatic rings. The predicted octanol–water partition coefficient (Wildman–Crippen LogP) is 6.26. The van der Waals surface area contributed by atoms with Crippen molar-refractivity contribution >= 4 is 8.32 Å². The van der Waals surface area contributed by atoms with Crippen LogP contribution >= 0.6 is 0 Å². The highest BCUT2D eigenvalue weighted by atomic mass is 28.4. The minimum atomic E-state index is -2.05. The second-order valence-electron chi connectivity index (χ2n) is 12.7. The maximum Gasteiger partial charge on any atom is 0.192 e. The third-order valence-corrected chi connectivity index (χ3v) is 13.2. The molecule has 39 heavy (non-hydrogen) atoms. The molecule has 2 aromatic carbocycles. The summed E-state index contributed by atoms with van der Waals surface area (Å²) in [5, 5.41) is 11.0. The highest BCUT2D eigenvalue weighted by Crippen LogP contribution is 2.42. The minimum Gasteiger partial charge on any atom is -0.411 e. The van der Waals surface area contributed by atoms with E-state index in [1.807, 2.05) is 55.5 Å². The van der Waals surface area contributed by atoms with Crippen molar-refractivity contribution < 1.29 is 28.5 Å². The van der Waals surface area contributed by atoms with Crippen LogP contribution in [0.4, 0.5) is 0 Å². The molecule has 0 aliphatic carbocycles. The molecule has 2 aliphatic heterocycles. The van der Waals surface area contributed by atoms with E-state index in [2.05, 4.69) is 52.9 Å². The molecular formula is C32H48O6Si. The van der Waals surface area contributed by atoms with E-state index >= 15 is 0 Å². The van der Waals surface area contributed by atoms with Gasteiger partial charge in [0.05, 0.1) is 49.8 Å². The van der Waals surface area contributed by atoms with Crippen molar-refractivity contribution in [1.82, 2.24) is 0 Å². The monoisotopic (exact) mass is 556 g/mol. The number of benzene rings is 2. The van der Waals surface area contributed by atoms with Crippen LogP contribution in [-0.4, -0.2) is 62.3 Å². The quantitative estimate of drug-likeness (QED) is 0.330. The molecule has 0 unspecified atom stereocenters. The van der Waals surface area contributed by atoms with Crippen LogP contribution in [0.25, 0.3) is 0 Å². The van der Waals surface area contributed by atoms with Gasteiger partial charge in [-0.05, 0) is 43.1 Å². The van der Waals surface area contributed by atoms with Crippen molar-refractivity contribution in [2.24, 2.45) is 0 Å². The first-order valence-corrected chi connectivity index (χ1v) is 17.3. The standard InChI is InChI=1S/C32H48O6Si/c1-22(34-20-24-14-10-8-11-15-24)30-26(33)18-27(36-30)28-19-29(38-39(6,7)32(3,4)5)31(37-28)23(2)35-21-25-16-12-9-13-17-25/h8-17,22-23,26-31,33H,18-21H2,1-7H3/t22-,23-,26+,27-,28-,29+,30-,31-/m0/s1. The first-order chi connectivity index (χ1) is 18.4. The normalized spacial score (nSPS) is 29.4. The third-order valence-electron chi connectivity index (χ3n) is 8.65. The molecule has 2 heterocycles. The van der Waals surface area contributed by atoms with E-state index in [1.165, 1.54) is 0 Å². The Balaban J connectivity index is 1.41. The molecule has 2 aromatic rings. The van der Waals surface area contributed by atoms with Gasteiger partial charge < -0.3 is 28.5 Å². The molecule has 8 atom stereocenters. The van der Waals surface area contributed by atoms with Crippen LogP contribution in [0.2, 0.25) is 18.1 Å². The fraction of sp³-hybridized carbons (Fsp3) is 0.625. The molecule has 216 valence electrons. The first-order valence-electron chi connectivity index (χ1n) is 14.4. The number of hydrogen-bond donors (Lipinski definition) is 1. The van der Waals surface area contributed by atoms with Crippen LogP contribution in [0.3, 0.4) is 0 Å². The number of hydrogen-bond acceptors (Lipinski definition) is 6. The number of aliphatic hydroxyl groups is 1. The van der Waals surface area contributed by atoms with Gasteiger partial charge in [0, 0.05) is 12.8 Å². The van der Waals surface area contributed by atoms with Crippen molar-refractivity contribution in [3.05, 3.63) is 71.8 Å². The minimum absolute atomic E-state index is 0.0838. The van der Waals surface area contributed by atoms with E-state index in [4.69, 9.17) is 23.4 Å². The summed E-state index contributed by atoms with van der Waals surface area (Å²) < 4.78 is 32.4. The van der Waals surface area contributed by atoms with Gasteiger partial charge in [0.25, 0.3) is 0 Å². The zero-order valence-corrected chi connectivity index (χ0v) is 25.7. The Bertz CT molecular complexity index is 1010. The van der Waals surface area contributed by atoms with Gasteiger partial charge in [-0.1, -0.05) is 81.4 Å². The van der Waals surface area contributed by atoms with E-state index in [0.717, 1.165) is 17.5 Å². The Kier molecular flexibility index (Phi) is 10.1. The lowest BCUT2D eigenvalue weighted by Gasteiger charge is -2.40. The Hall–Kier alpha value is -1.58. The zero-order chi connectivity index (χ0) is 28.2. The third kappa shape index (κ3) is 7.79. The maximum atomic E-state index is 10.9. The molecule has 7 heteroatoms. The lowest BCUT2D eigenvalue weighted by Crippen LogP contribution is -2.48. The average molecular weight is 557 g/mol. The van der Waals surface area contributed by atoms with E-state index in [-0.39, 0.29) is 41.7 Å². The summed E-state index contributed by atoms with van der Waals surface area (Å²) in [4.78, 5) is 0. The van der Waals surface area contributed by atoms with Crippen molar-refractivity contribution in [2.75, 3.05) is 0 Å². The van der Waals surface area contributed by atoms with Crippen LogP contribution in [0, 0.1) is 0 Å². The Morgan fingerprint density at radius 2 is 1.26 bits per heavy atom. The summed E-state index contributed by atoms with van der Waals surface area (Å²) in [6.45, 7) is 16.4. The molecule has 6 nitrogen and oxygen atoms in total. The van der Waals surface area contributed by atoms with Crippen molar-refractivity contribution in [3.63, 3.8) is 0 Å². The molecule has 4 rings (SSSR count). The fourth-order valence-electron chi connectivity index (χ4n) is 5.21. The topological polar surface area (TPSA) is 66.4 Å². The molecule has 0 amide bonds. The second kappa shape index (κ2) is 12.9. The van der Waals surface area contributed by atoms with Crippen LogP contribution < -0.4 is 0 Å². The summed E-state index contributed by atoms with van der Waals surface area (Å²) in [6.07, 6.45) is -0.837. The fourth-order valence-corrected chi connectivity index (χ4v) is 6.55. The van der Waals surface area contributed by atoms with Gasteiger partial charge >= 0.3 is 0 Å². The van der Waals surface area contributed by atoms with Crippen molar-refractivity contribution in [2.45, 2.75) is 128 Å². The number of ether oxygens (including phenoxy) is 4. The summed E-state index contributed by atoms with van der Waals surface area (Å²) in [6, 6.07) is 20.3. The van der Waals surface area contributed by atoms with Gasteiger partial charge in [0.15, 0.2) is 8.32 Å². The average Bonchev–Trinajstić information content (AvgIpc) is 3.49. The van der Waals surface area contributed by atoms with Crippen molar-refractivity contribution in [1.29, 1.82) is 0 Å². The van der Waals surface area contributed by atoms with Crippen LogP contribution in [0.5, 0.6) is 0 Å². The lowest BCUT2D eigenvalue weighted by atomic mass is 10.0. The summed E-state index contributed by atoms with van der Waals surface area (Å²) in [5.74, 6) is 0. The SMILES string of the molecule is C[C@H](OCc1ccccc1)[C@@H]1O[C@H]([C@@H]2C[C@@H](O[Si](C)(C)C(C)(C)C)[C@H]([C@H](C)OCc3ccccc3)O2)C[C@H]1O. The molecule has 0 bridgehead atoms. The van der Waals surface area contributed by atoms with Gasteiger partial charge in [-0.2, -0.15) is 0 Å². The molecule has 0 aromatic heterocycles. The highest BCUT2D eigenvalue weighted by Gasteiger charge is 2.51. The first kappa shape index (κ1) is 30.4. The van der Waals surface area contributed by atoms with Crippen molar-refractivity contribution in [3.8, 4) is 0 Å². The maximum absolute atomic E-state index is 10.9. The van der Waals surface area contributed by atoms with E-state index in [1.54, 1.807) is 0 Å². The van der Waals surface area contributed by atoms with Gasteiger partial charge in [-0.25, -0.2) is 0 Å². The van der Waals surface area contributed by atoms with E-state index in [9.17, 15) is 5.11 Å². The molecule has 0 saturated carbocycles. The smallest absolute Gasteiger partial charge is 0.192 e. The largest absolute Gasteiger partial charge is 0.411 e. The molecule has 0 radical (unpaired) electrons. The van der Waals surface area contributed by atoms with Gasteiger partial charge in [-0.15, -0.1) is 0 Å². The lowest BCUT2D eigenvalue weighted by molar-refractivity contribution is -0.135. The predicted molar refractivity (Wildman–Crippen MR) is 156 cm³/mol. The summed E-state index contributed by atoms with van der Waals surface area (Å²) in [7, 11) is -2.05. The van der Waals surface area contributed by atoms with E-state index < -0.39 is 20.5 Å². The molecular weight excluding hydrogens is 508 g/mol.